The molecule has 0 unspecified atom stereocenters. The molecule has 0 aromatic rings. The smallest absolute Gasteiger partial charge is 0.425 e. The molecule has 0 aromatic heterocycles. The molecule has 1 aliphatic heterocycles. The van der Waals surface area contributed by atoms with Gasteiger partial charge in [0.15, 0.2) is 0 Å². The molecule has 16 heavy (non-hydrogen) atoms. The summed E-state index contributed by atoms with van der Waals surface area (Å²) in [7, 11) is -3.99. The molecule has 7 heteroatoms. The summed E-state index contributed by atoms with van der Waals surface area (Å²) in [5, 5.41) is 0. The summed E-state index contributed by atoms with van der Waals surface area (Å²) in [4.78, 5) is 11.6. The van der Waals surface area contributed by atoms with Crippen molar-refractivity contribution in [1.82, 2.24) is 4.31 Å². The number of hydrogen-bond acceptors (Lipinski definition) is 5. The summed E-state index contributed by atoms with van der Waals surface area (Å²) in [6, 6.07) is 0. The van der Waals surface area contributed by atoms with E-state index in [4.69, 9.17) is 8.92 Å². The normalized spacial score (nSPS) is 25.2. The van der Waals surface area contributed by atoms with Crippen molar-refractivity contribution in [1.29, 1.82) is 0 Å². The van der Waals surface area contributed by atoms with Crippen molar-refractivity contribution in [2.75, 3.05) is 6.54 Å². The third-order valence-corrected chi connectivity index (χ3v) is 3.33. The van der Waals surface area contributed by atoms with Gasteiger partial charge in [-0.25, -0.2) is 4.79 Å². The highest BCUT2D eigenvalue weighted by Gasteiger charge is 2.37. The van der Waals surface area contributed by atoms with Crippen LogP contribution in [0.15, 0.2) is 0 Å². The summed E-state index contributed by atoms with van der Waals surface area (Å²) in [6.07, 6.45) is -0.818. The lowest BCUT2D eigenvalue weighted by atomic mass is 10.2. The van der Waals surface area contributed by atoms with Crippen LogP contribution in [0.1, 0.15) is 34.1 Å². The van der Waals surface area contributed by atoms with Crippen molar-refractivity contribution >= 4 is 16.4 Å². The van der Waals surface area contributed by atoms with E-state index in [0.29, 0.717) is 10.7 Å². The van der Waals surface area contributed by atoms with Crippen LogP contribution in [-0.4, -0.2) is 37.1 Å². The lowest BCUT2D eigenvalue weighted by molar-refractivity contribution is 0.0304. The van der Waals surface area contributed by atoms with E-state index in [1.54, 1.807) is 27.7 Å². The van der Waals surface area contributed by atoms with Crippen LogP contribution in [0.25, 0.3) is 0 Å². The Balaban J connectivity index is 2.77. The van der Waals surface area contributed by atoms with Gasteiger partial charge in [-0.1, -0.05) is 0 Å². The summed E-state index contributed by atoms with van der Waals surface area (Å²) >= 11 is 0. The van der Waals surface area contributed by atoms with Crippen molar-refractivity contribution in [3.05, 3.63) is 0 Å². The van der Waals surface area contributed by atoms with E-state index in [0.717, 1.165) is 0 Å². The van der Waals surface area contributed by atoms with Gasteiger partial charge >= 0.3 is 16.4 Å². The maximum Gasteiger partial charge on any atom is 0.425 e. The predicted octanol–water partition coefficient (Wildman–Crippen LogP) is 1.28. The van der Waals surface area contributed by atoms with Crippen LogP contribution in [0.3, 0.4) is 0 Å². The Morgan fingerprint density at radius 2 is 2.00 bits per heavy atom. The fourth-order valence-corrected chi connectivity index (χ4v) is 2.38. The van der Waals surface area contributed by atoms with Gasteiger partial charge in [0, 0.05) is 6.54 Å². The SMILES string of the molecule is C[C@H]1CCN(C(=O)OC(C)(C)C)S(=O)(=O)O1. The highest BCUT2D eigenvalue weighted by Crippen LogP contribution is 2.20. The molecule has 1 atom stereocenters. The fourth-order valence-electron chi connectivity index (χ4n) is 1.21. The Hall–Kier alpha value is -0.820. The average molecular weight is 251 g/mol. The molecule has 0 aromatic carbocycles. The van der Waals surface area contributed by atoms with Crippen LogP contribution in [0.5, 0.6) is 0 Å². The first-order valence-electron chi connectivity index (χ1n) is 5.06. The van der Waals surface area contributed by atoms with Gasteiger partial charge in [0.2, 0.25) is 0 Å². The minimum atomic E-state index is -3.99. The molecule has 1 rings (SSSR count). The molecule has 94 valence electrons. The number of hydrogen-bond donors (Lipinski definition) is 0. The van der Waals surface area contributed by atoms with Gasteiger partial charge in [-0.15, -0.1) is 0 Å². The molecule has 0 N–H and O–H groups in total. The Morgan fingerprint density at radius 1 is 1.44 bits per heavy atom. The van der Waals surface area contributed by atoms with Gasteiger partial charge in [0.1, 0.15) is 5.60 Å². The van der Waals surface area contributed by atoms with E-state index >= 15 is 0 Å². The molecular formula is C9H17NO5S. The molecular weight excluding hydrogens is 234 g/mol. The second kappa shape index (κ2) is 4.21. The largest absolute Gasteiger partial charge is 0.443 e. The monoisotopic (exact) mass is 251 g/mol. The van der Waals surface area contributed by atoms with Gasteiger partial charge in [-0.05, 0) is 34.1 Å². The molecule has 0 aliphatic carbocycles. The first-order valence-corrected chi connectivity index (χ1v) is 6.42. The maximum atomic E-state index is 11.6. The zero-order valence-electron chi connectivity index (χ0n) is 9.89. The van der Waals surface area contributed by atoms with Crippen LogP contribution in [0, 0.1) is 0 Å². The standard InChI is InChI=1S/C9H17NO5S/c1-7-5-6-10(16(12,13)15-7)8(11)14-9(2,3)4/h7H,5-6H2,1-4H3/t7-/m0/s1. The lowest BCUT2D eigenvalue weighted by Gasteiger charge is -2.31. The average Bonchev–Trinajstić information content (AvgIpc) is 1.97. The maximum absolute atomic E-state index is 11.6. The summed E-state index contributed by atoms with van der Waals surface area (Å²) < 4.78 is 33.4. The minimum Gasteiger partial charge on any atom is -0.443 e. The molecule has 1 heterocycles. The van der Waals surface area contributed by atoms with Gasteiger partial charge in [0.25, 0.3) is 0 Å². The predicted molar refractivity (Wildman–Crippen MR) is 57.0 cm³/mol. The quantitative estimate of drug-likeness (QED) is 0.648. The van der Waals surface area contributed by atoms with E-state index in [2.05, 4.69) is 0 Å². The zero-order chi connectivity index (χ0) is 12.6. The van der Waals surface area contributed by atoms with E-state index in [1.807, 2.05) is 0 Å². The van der Waals surface area contributed by atoms with Crippen LogP contribution in [0.2, 0.25) is 0 Å². The Bertz CT molecular complexity index is 370. The van der Waals surface area contributed by atoms with Gasteiger partial charge in [-0.3, -0.25) is 4.18 Å². The summed E-state index contributed by atoms with van der Waals surface area (Å²) in [5.41, 5.74) is -0.727. The van der Waals surface area contributed by atoms with E-state index in [9.17, 15) is 13.2 Å². The molecule has 0 spiro atoms. The highest BCUT2D eigenvalue weighted by atomic mass is 32.2. The number of amides is 1. The number of nitrogens with zero attached hydrogens (tertiary/aromatic N) is 1. The second-order valence-corrected chi connectivity index (χ2v) is 6.19. The molecule has 0 saturated carbocycles. The number of ether oxygens (including phenoxy) is 1. The van der Waals surface area contributed by atoms with E-state index in [-0.39, 0.29) is 6.54 Å². The zero-order valence-corrected chi connectivity index (χ0v) is 10.7. The fraction of sp³-hybridized carbons (Fsp3) is 0.889. The van der Waals surface area contributed by atoms with Crippen molar-refractivity contribution in [2.45, 2.75) is 45.8 Å². The third kappa shape index (κ3) is 3.34. The lowest BCUT2D eigenvalue weighted by Crippen LogP contribution is -2.47. The molecule has 1 aliphatic rings. The Kier molecular flexibility index (Phi) is 3.49. The van der Waals surface area contributed by atoms with Crippen molar-refractivity contribution < 1.29 is 22.1 Å². The van der Waals surface area contributed by atoms with Gasteiger partial charge in [0.05, 0.1) is 6.10 Å². The topological polar surface area (TPSA) is 72.9 Å². The van der Waals surface area contributed by atoms with Gasteiger partial charge in [-0.2, -0.15) is 12.7 Å². The summed E-state index contributed by atoms with van der Waals surface area (Å²) in [5.74, 6) is 0. The van der Waals surface area contributed by atoms with Crippen molar-refractivity contribution in [2.24, 2.45) is 0 Å². The van der Waals surface area contributed by atoms with Crippen molar-refractivity contribution in [3.8, 4) is 0 Å². The summed E-state index contributed by atoms with van der Waals surface area (Å²) in [6.45, 7) is 6.75. The van der Waals surface area contributed by atoms with E-state index in [1.165, 1.54) is 0 Å². The second-order valence-electron chi connectivity index (χ2n) is 4.71. The van der Waals surface area contributed by atoms with E-state index < -0.39 is 28.1 Å². The molecule has 1 fully saturated rings. The Labute approximate surface area is 95.8 Å². The third-order valence-electron chi connectivity index (χ3n) is 1.89. The number of carbonyl (C=O) groups is 1. The molecule has 1 amide bonds. The van der Waals surface area contributed by atoms with Crippen LogP contribution >= 0.6 is 0 Å². The van der Waals surface area contributed by atoms with Crippen LogP contribution < -0.4 is 0 Å². The van der Waals surface area contributed by atoms with Crippen LogP contribution in [-0.2, 0) is 19.2 Å². The number of carbonyl (C=O) groups excluding carboxylic acids is 1. The number of rotatable bonds is 0. The molecule has 0 bridgehead atoms. The highest BCUT2D eigenvalue weighted by molar-refractivity contribution is 7.84. The molecule has 0 radical (unpaired) electrons. The van der Waals surface area contributed by atoms with Crippen molar-refractivity contribution in [3.63, 3.8) is 0 Å². The first kappa shape index (κ1) is 13.2. The van der Waals surface area contributed by atoms with Gasteiger partial charge < -0.3 is 4.74 Å². The van der Waals surface area contributed by atoms with Crippen LogP contribution in [0.4, 0.5) is 4.79 Å². The first-order chi connectivity index (χ1) is 7.12. The molecule has 6 nitrogen and oxygen atoms in total. The Morgan fingerprint density at radius 3 is 2.44 bits per heavy atom. The minimum absolute atomic E-state index is 0.0956. The molecule has 1 saturated heterocycles.